The molecular weight excluding hydrogens is 573 g/mol. The summed E-state index contributed by atoms with van der Waals surface area (Å²) in [7, 11) is 0.0636. The van der Waals surface area contributed by atoms with Gasteiger partial charge in [0, 0.05) is 36.3 Å². The van der Waals surface area contributed by atoms with E-state index >= 15 is 0 Å². The third-order valence-electron chi connectivity index (χ3n) is 8.58. The molecule has 0 aliphatic carbocycles. The fourth-order valence-corrected chi connectivity index (χ4v) is 7.45. The largest absolute Gasteiger partial charge is 0.415 e. The van der Waals surface area contributed by atoms with Crippen LogP contribution in [0.15, 0.2) is 60.9 Å². The summed E-state index contributed by atoms with van der Waals surface area (Å²) in [6.07, 6.45) is 3.53. The lowest BCUT2D eigenvalue weighted by Crippen LogP contribution is -2.44. The third kappa shape index (κ3) is 6.56. The number of hydrogen-bond acceptors (Lipinski definition) is 7. The maximum Gasteiger partial charge on any atom is 0.255 e. The Kier molecular flexibility index (Phi) is 8.83. The minimum absolute atomic E-state index is 0.0104. The highest BCUT2D eigenvalue weighted by Gasteiger charge is 2.39. The van der Waals surface area contributed by atoms with Gasteiger partial charge in [0.2, 0.25) is 0 Å². The van der Waals surface area contributed by atoms with Gasteiger partial charge >= 0.3 is 0 Å². The van der Waals surface area contributed by atoms with Crippen LogP contribution in [0.25, 0.3) is 11.4 Å². The Labute approximate surface area is 260 Å². The van der Waals surface area contributed by atoms with E-state index in [0.717, 1.165) is 45.3 Å². The molecule has 4 heterocycles. The van der Waals surface area contributed by atoms with Crippen molar-refractivity contribution >= 4 is 37.5 Å². The molecule has 2 atom stereocenters. The second kappa shape index (κ2) is 12.3. The smallest absolute Gasteiger partial charge is 0.255 e. The van der Waals surface area contributed by atoms with Crippen molar-refractivity contribution < 1.29 is 9.22 Å². The third-order valence-corrected chi connectivity index (χ3v) is 14.5. The van der Waals surface area contributed by atoms with Crippen LogP contribution in [0, 0.1) is 13.8 Å². The molecule has 1 aliphatic heterocycles. The van der Waals surface area contributed by atoms with Crippen LogP contribution in [0.4, 0.5) is 11.5 Å². The first kappa shape index (κ1) is 31.0. The van der Waals surface area contributed by atoms with E-state index in [1.807, 2.05) is 72.9 Å². The number of pyridine rings is 2. The molecule has 226 valence electrons. The highest BCUT2D eigenvalue weighted by Crippen LogP contribution is 2.47. The van der Waals surface area contributed by atoms with E-state index in [0.29, 0.717) is 17.9 Å². The zero-order valence-corrected chi connectivity index (χ0v) is 28.2. The highest BCUT2D eigenvalue weighted by molar-refractivity contribution is 7.99. The Hall–Kier alpha value is -3.47. The van der Waals surface area contributed by atoms with E-state index in [-0.39, 0.29) is 22.2 Å². The molecule has 2 N–H and O–H groups in total. The number of fused-ring (bicyclic) bond motifs is 1. The molecule has 1 aromatic carbocycles. The van der Waals surface area contributed by atoms with E-state index in [9.17, 15) is 4.79 Å². The second-order valence-electron chi connectivity index (χ2n) is 12.7. The summed E-state index contributed by atoms with van der Waals surface area (Å²) in [5.74, 6) is 1.69. The van der Waals surface area contributed by atoms with Crippen molar-refractivity contribution in [2.75, 3.05) is 23.0 Å². The first-order chi connectivity index (χ1) is 20.4. The van der Waals surface area contributed by atoms with Gasteiger partial charge in [0.25, 0.3) is 5.91 Å². The van der Waals surface area contributed by atoms with Gasteiger partial charge in [-0.05, 0) is 79.5 Å². The summed E-state index contributed by atoms with van der Waals surface area (Å²) in [6.45, 7) is 16.0. The van der Waals surface area contributed by atoms with Gasteiger partial charge in [-0.2, -0.15) is 5.10 Å². The number of rotatable bonds is 7. The summed E-state index contributed by atoms with van der Waals surface area (Å²) in [4.78, 5) is 22.1. The lowest BCUT2D eigenvalue weighted by molar-refractivity contribution is 0.102. The highest BCUT2D eigenvalue weighted by atomic mass is 32.2. The molecule has 3 aromatic heterocycles. The molecule has 0 radical (unpaired) electrons. The number of thioether (sulfide) groups is 1. The Morgan fingerprint density at radius 1 is 1.12 bits per heavy atom. The maximum atomic E-state index is 13.2. The molecule has 0 unspecified atom stereocenters. The monoisotopic (exact) mass is 614 g/mol. The van der Waals surface area contributed by atoms with Crippen molar-refractivity contribution in [3.8, 4) is 11.4 Å². The number of hydrogen-bond donors (Lipinski definition) is 2. The molecule has 1 amide bonds. The summed E-state index contributed by atoms with van der Waals surface area (Å²) < 4.78 is 8.61. The molecule has 5 rings (SSSR count). The Balaban J connectivity index is 1.50. The number of amides is 1. The molecule has 1 aliphatic rings. The zero-order valence-electron chi connectivity index (χ0n) is 26.4. The molecule has 0 bridgehead atoms. The summed E-state index contributed by atoms with van der Waals surface area (Å²) in [5.41, 5.74) is 7.11. The van der Waals surface area contributed by atoms with E-state index in [4.69, 9.17) is 9.52 Å². The Morgan fingerprint density at radius 3 is 2.56 bits per heavy atom. The summed E-state index contributed by atoms with van der Waals surface area (Å²) in [5, 5.41) is 11.9. The molecular formula is C33H42N6O2SSi. The minimum atomic E-state index is -1.92. The first-order valence-electron chi connectivity index (χ1n) is 14.7. The van der Waals surface area contributed by atoms with Crippen molar-refractivity contribution in [2.45, 2.75) is 64.0 Å². The fourth-order valence-electron chi connectivity index (χ4n) is 4.97. The number of aromatic nitrogens is 4. The molecule has 43 heavy (non-hydrogen) atoms. The molecule has 8 nitrogen and oxygen atoms in total. The number of nitrogens with zero attached hydrogens (tertiary/aromatic N) is 4. The SMILES string of the molecule is Cc1cc(C(=O)Nc2cccnc2C)ccc1[C@H]1SC[C@H](CO[Si](C)(C)C(C)(C)C)Nc2c1c(-c1ccccn1)nn2C. The topological polar surface area (TPSA) is 94.0 Å². The van der Waals surface area contributed by atoms with Gasteiger partial charge in [-0.3, -0.25) is 19.4 Å². The van der Waals surface area contributed by atoms with Crippen LogP contribution in [-0.2, 0) is 11.5 Å². The normalized spacial score (nSPS) is 17.1. The van der Waals surface area contributed by atoms with E-state index in [1.165, 1.54) is 0 Å². The zero-order chi connectivity index (χ0) is 30.9. The lowest BCUT2D eigenvalue weighted by Gasteiger charge is -2.37. The van der Waals surface area contributed by atoms with Gasteiger partial charge in [0.1, 0.15) is 11.5 Å². The number of carbonyl (C=O) groups excluding carboxylic acids is 1. The van der Waals surface area contributed by atoms with Gasteiger partial charge in [0.15, 0.2) is 8.32 Å². The number of nitrogens with one attached hydrogen (secondary N) is 2. The number of carbonyl (C=O) groups is 1. The number of anilines is 2. The summed E-state index contributed by atoms with van der Waals surface area (Å²) >= 11 is 1.88. The van der Waals surface area contributed by atoms with E-state index < -0.39 is 8.32 Å². The molecule has 0 saturated heterocycles. The predicted octanol–water partition coefficient (Wildman–Crippen LogP) is 7.38. The van der Waals surface area contributed by atoms with Crippen LogP contribution in [0.2, 0.25) is 18.1 Å². The van der Waals surface area contributed by atoms with Crippen molar-refractivity contribution in [1.29, 1.82) is 0 Å². The van der Waals surface area contributed by atoms with Crippen molar-refractivity contribution in [3.63, 3.8) is 0 Å². The van der Waals surface area contributed by atoms with Gasteiger partial charge in [-0.25, -0.2) is 0 Å². The molecule has 4 aromatic rings. The lowest BCUT2D eigenvalue weighted by atomic mass is 9.96. The van der Waals surface area contributed by atoms with Crippen LogP contribution in [0.3, 0.4) is 0 Å². The average Bonchev–Trinajstić information content (AvgIpc) is 3.15. The number of aryl methyl sites for hydroxylation is 3. The second-order valence-corrected chi connectivity index (χ2v) is 18.7. The quantitative estimate of drug-likeness (QED) is 0.210. The molecule has 0 spiro atoms. The fraction of sp³-hybridized carbons (Fsp3) is 0.394. The van der Waals surface area contributed by atoms with Crippen LogP contribution in [-0.4, -0.2) is 52.4 Å². The standard InChI is InChI=1S/C33H42N6O2SSi/c1-21-18-23(32(40)37-26-13-11-17-34-22(26)2)14-15-25(21)30-28-29(27-12-9-10-16-35-27)38-39(6)31(28)36-24(20-42-30)19-41-43(7,8)33(3,4)5/h9-18,24,30,36H,19-20H2,1-8H3,(H,37,40)/t24-,30+/m0/s1. The van der Waals surface area contributed by atoms with Gasteiger partial charge in [-0.1, -0.05) is 32.9 Å². The van der Waals surface area contributed by atoms with Crippen LogP contribution in [0.1, 0.15) is 58.8 Å². The molecule has 0 saturated carbocycles. The van der Waals surface area contributed by atoms with Crippen molar-refractivity contribution in [3.05, 3.63) is 88.9 Å². The van der Waals surface area contributed by atoms with Crippen LogP contribution >= 0.6 is 11.8 Å². The van der Waals surface area contributed by atoms with Gasteiger partial charge in [0.05, 0.1) is 35.0 Å². The Bertz CT molecular complexity index is 1620. The minimum Gasteiger partial charge on any atom is -0.415 e. The first-order valence-corrected chi connectivity index (χ1v) is 18.7. The maximum absolute atomic E-state index is 13.2. The number of benzene rings is 1. The average molecular weight is 615 g/mol. The van der Waals surface area contributed by atoms with Gasteiger partial charge in [-0.15, -0.1) is 11.8 Å². The molecule has 10 heteroatoms. The van der Waals surface area contributed by atoms with E-state index in [1.54, 1.807) is 12.4 Å². The molecule has 0 fully saturated rings. The van der Waals surface area contributed by atoms with Gasteiger partial charge < -0.3 is 15.1 Å². The van der Waals surface area contributed by atoms with E-state index in [2.05, 4.69) is 67.5 Å². The predicted molar refractivity (Wildman–Crippen MR) is 179 cm³/mol. The van der Waals surface area contributed by atoms with Crippen LogP contribution in [0.5, 0.6) is 0 Å². The summed E-state index contributed by atoms with van der Waals surface area (Å²) in [6, 6.07) is 15.7. The van der Waals surface area contributed by atoms with Crippen LogP contribution < -0.4 is 10.6 Å². The van der Waals surface area contributed by atoms with Crippen molar-refractivity contribution in [1.82, 2.24) is 19.7 Å². The Morgan fingerprint density at radius 2 is 1.88 bits per heavy atom. The van der Waals surface area contributed by atoms with Crippen molar-refractivity contribution in [2.24, 2.45) is 7.05 Å².